The highest BCUT2D eigenvalue weighted by atomic mass is 19.4. The predicted octanol–water partition coefficient (Wildman–Crippen LogP) is 9.47. The Morgan fingerprint density at radius 2 is 0.618 bits per heavy atom. The monoisotopic (exact) mass is 1130 g/mol. The molecular formula is C48H74F10O18. The number of esters is 9. The van der Waals surface area contributed by atoms with Crippen LogP contribution in [-0.4, -0.2) is 137 Å². The van der Waals surface area contributed by atoms with Crippen molar-refractivity contribution in [3.05, 3.63) is 0 Å². The van der Waals surface area contributed by atoms with Crippen molar-refractivity contribution in [2.75, 3.05) is 52.9 Å². The van der Waals surface area contributed by atoms with E-state index in [9.17, 15) is 87.1 Å². The second-order valence-electron chi connectivity index (χ2n) is 18.6. The van der Waals surface area contributed by atoms with Gasteiger partial charge in [0.15, 0.2) is 6.10 Å². The van der Waals surface area contributed by atoms with E-state index in [0.29, 0.717) is 33.1 Å². The Hall–Kier alpha value is -5.47. The van der Waals surface area contributed by atoms with Crippen LogP contribution >= 0.6 is 0 Å². The van der Waals surface area contributed by atoms with E-state index in [0.717, 1.165) is 0 Å². The first-order chi connectivity index (χ1) is 34.6. The van der Waals surface area contributed by atoms with E-state index in [2.05, 4.69) is 14.2 Å². The summed E-state index contributed by atoms with van der Waals surface area (Å²) in [5, 5.41) is 0. The molecule has 444 valence electrons. The number of hydrogen-bond acceptors (Lipinski definition) is 18. The zero-order valence-corrected chi connectivity index (χ0v) is 44.8. The van der Waals surface area contributed by atoms with Gasteiger partial charge in [-0.05, 0) is 74.7 Å². The van der Waals surface area contributed by atoms with Gasteiger partial charge < -0.3 is 42.6 Å². The summed E-state index contributed by atoms with van der Waals surface area (Å²) in [5.74, 6) is -13.7. The highest BCUT2D eigenvalue weighted by molar-refractivity contribution is 5.79. The van der Waals surface area contributed by atoms with Gasteiger partial charge in [-0.1, -0.05) is 20.8 Å². The van der Waals surface area contributed by atoms with E-state index < -0.39 is 152 Å². The molecule has 0 aromatic carbocycles. The molecule has 28 heteroatoms. The summed E-state index contributed by atoms with van der Waals surface area (Å²) in [6, 6.07) is 0. The van der Waals surface area contributed by atoms with Crippen LogP contribution in [0.3, 0.4) is 0 Å². The zero-order chi connectivity index (χ0) is 59.8. The Kier molecular flexibility index (Phi) is 35.2. The lowest BCUT2D eigenvalue weighted by Gasteiger charge is -2.20. The highest BCUT2D eigenvalue weighted by Crippen LogP contribution is 2.32. The number of carbonyl (C=O) groups is 9. The van der Waals surface area contributed by atoms with Gasteiger partial charge in [0, 0.05) is 6.42 Å². The van der Waals surface area contributed by atoms with Crippen molar-refractivity contribution in [1.29, 1.82) is 0 Å². The molecule has 0 amide bonds. The zero-order valence-electron chi connectivity index (χ0n) is 44.8. The van der Waals surface area contributed by atoms with Gasteiger partial charge in [0.25, 0.3) is 11.8 Å². The Balaban J connectivity index is -0.00000106. The molecule has 0 saturated heterocycles. The van der Waals surface area contributed by atoms with Gasteiger partial charge in [0.2, 0.25) is 0 Å². The number of halogens is 10. The number of rotatable bonds is 32. The largest absolute Gasteiger partial charge is 0.465 e. The summed E-state index contributed by atoms with van der Waals surface area (Å²) in [6.07, 6.45) is -15.8. The van der Waals surface area contributed by atoms with Crippen LogP contribution in [0.4, 0.5) is 43.9 Å². The summed E-state index contributed by atoms with van der Waals surface area (Å²) >= 11 is 0. The maximum Gasteiger partial charge on any atom is 0.425 e. The fourth-order valence-electron chi connectivity index (χ4n) is 4.32. The van der Waals surface area contributed by atoms with Crippen LogP contribution in [0, 0.1) is 16.2 Å². The Morgan fingerprint density at radius 3 is 0.868 bits per heavy atom. The molecule has 0 rings (SSSR count). The second kappa shape index (κ2) is 35.8. The van der Waals surface area contributed by atoms with Crippen LogP contribution in [0.5, 0.6) is 0 Å². The van der Waals surface area contributed by atoms with Crippen LogP contribution in [-0.2, 0) is 85.8 Å². The van der Waals surface area contributed by atoms with Crippen molar-refractivity contribution < 1.29 is 130 Å². The van der Waals surface area contributed by atoms with E-state index in [1.54, 1.807) is 41.5 Å². The van der Waals surface area contributed by atoms with Crippen molar-refractivity contribution in [3.63, 3.8) is 0 Å². The average Bonchev–Trinajstić information content (AvgIpc) is 3.29. The van der Waals surface area contributed by atoms with Crippen LogP contribution in [0.1, 0.15) is 153 Å². The third-order valence-electron chi connectivity index (χ3n) is 10.4. The summed E-state index contributed by atoms with van der Waals surface area (Å²) in [7, 11) is 0. The summed E-state index contributed by atoms with van der Waals surface area (Å²) in [5.41, 5.74) is -1.90. The van der Waals surface area contributed by atoms with Crippen LogP contribution in [0.25, 0.3) is 0 Å². The Bertz CT molecular complexity index is 1810. The quantitative estimate of drug-likeness (QED) is 0.0264. The molecular weight excluding hydrogens is 1050 g/mol. The van der Waals surface area contributed by atoms with E-state index in [-0.39, 0.29) is 58.9 Å². The molecule has 0 heterocycles. The molecule has 0 bridgehead atoms. The third-order valence-corrected chi connectivity index (χ3v) is 10.4. The van der Waals surface area contributed by atoms with E-state index in [1.165, 1.54) is 0 Å². The predicted molar refractivity (Wildman–Crippen MR) is 245 cm³/mol. The van der Waals surface area contributed by atoms with E-state index >= 15 is 0 Å². The first kappa shape index (κ1) is 74.8. The molecule has 0 saturated carbocycles. The summed E-state index contributed by atoms with van der Waals surface area (Å²) in [4.78, 5) is 103. The van der Waals surface area contributed by atoms with Gasteiger partial charge in [-0.25, -0.2) is 17.6 Å². The smallest absolute Gasteiger partial charge is 0.425 e. The van der Waals surface area contributed by atoms with E-state index in [4.69, 9.17) is 28.4 Å². The lowest BCUT2D eigenvalue weighted by molar-refractivity contribution is -0.216. The normalized spacial score (nSPS) is 12.4. The fraction of sp³-hybridized carbons (Fsp3) is 0.812. The minimum Gasteiger partial charge on any atom is -0.465 e. The SMILES string of the molecule is CCC(C)(C)C(=O)OCCOC(=O)CCC(=O)OC(C)C(F)(F)F.CCC(C)(C)C(=O)OCCOC(=O)CCC(=O)OCCC(F)(F)CC(C)(F)F.CCC(C)(C)C(=O)OCCOC(=O)CCC(=O)OCCC(F)(F)F. The molecule has 0 N–H and O–H groups in total. The van der Waals surface area contributed by atoms with Crippen molar-refractivity contribution in [1.82, 2.24) is 0 Å². The number of carbonyl (C=O) groups excluding carboxylic acids is 9. The standard InChI is InChI=1S/C18H28F4O6.2C15H23F3O6/c1-5-16(2,3)15(25)28-11-10-27-14(24)7-6-13(23)26-9-8-18(21,22)12-17(4,19)20;1-5-14(3,4)13(21)23-9-8-22-11(19)6-7-12(20)24-10(2)15(16,17)18;1-4-14(2,3)13(21)24-10-9-23-12(20)6-5-11(19)22-8-7-15(16,17)18/h5-12H2,1-4H3;10H,5-9H2,1-4H3;4-10H2,1-3H3. The molecule has 1 atom stereocenters. The van der Waals surface area contributed by atoms with Crippen molar-refractivity contribution in [2.24, 2.45) is 16.2 Å². The first-order valence-electron chi connectivity index (χ1n) is 23.9. The molecule has 0 fully saturated rings. The maximum absolute atomic E-state index is 13.2. The Morgan fingerprint density at radius 1 is 0.368 bits per heavy atom. The number of alkyl halides is 10. The molecule has 0 aliphatic heterocycles. The number of ether oxygens (including phenoxy) is 9. The lowest BCUT2D eigenvalue weighted by Crippen LogP contribution is -2.31. The summed E-state index contributed by atoms with van der Waals surface area (Å²) in [6.45, 7) is 14.5. The Labute approximate surface area is 435 Å². The van der Waals surface area contributed by atoms with Crippen molar-refractivity contribution >= 4 is 53.7 Å². The van der Waals surface area contributed by atoms with Gasteiger partial charge in [0.1, 0.15) is 39.6 Å². The van der Waals surface area contributed by atoms with Gasteiger partial charge in [0.05, 0.1) is 80.8 Å². The fourth-order valence-corrected chi connectivity index (χ4v) is 4.32. The average molecular weight is 1130 g/mol. The second-order valence-corrected chi connectivity index (χ2v) is 18.6. The first-order valence-corrected chi connectivity index (χ1v) is 23.9. The molecule has 0 aromatic heterocycles. The van der Waals surface area contributed by atoms with Crippen LogP contribution in [0.15, 0.2) is 0 Å². The van der Waals surface area contributed by atoms with E-state index in [1.807, 2.05) is 20.8 Å². The molecule has 0 aliphatic rings. The van der Waals surface area contributed by atoms with Gasteiger partial charge in [-0.2, -0.15) is 26.3 Å². The third kappa shape index (κ3) is 40.8. The van der Waals surface area contributed by atoms with Crippen molar-refractivity contribution in [3.8, 4) is 0 Å². The lowest BCUT2D eigenvalue weighted by atomic mass is 9.91. The van der Waals surface area contributed by atoms with Gasteiger partial charge in [-0.3, -0.25) is 43.2 Å². The minimum absolute atomic E-state index is 0.107. The van der Waals surface area contributed by atoms with Crippen LogP contribution < -0.4 is 0 Å². The topological polar surface area (TPSA) is 237 Å². The van der Waals surface area contributed by atoms with Gasteiger partial charge >= 0.3 is 66.1 Å². The highest BCUT2D eigenvalue weighted by Gasteiger charge is 2.40. The minimum atomic E-state index is -4.65. The molecule has 0 spiro atoms. The maximum atomic E-state index is 13.2. The molecule has 0 aromatic rings. The van der Waals surface area contributed by atoms with Crippen molar-refractivity contribution in [2.45, 2.75) is 184 Å². The number of hydrogen-bond donors (Lipinski definition) is 0. The van der Waals surface area contributed by atoms with Crippen LogP contribution in [0.2, 0.25) is 0 Å². The molecule has 0 radical (unpaired) electrons. The molecule has 18 nitrogen and oxygen atoms in total. The summed E-state index contributed by atoms with van der Waals surface area (Å²) < 4.78 is 166. The molecule has 1 unspecified atom stereocenters. The molecule has 76 heavy (non-hydrogen) atoms. The molecule has 0 aliphatic carbocycles. The van der Waals surface area contributed by atoms with Gasteiger partial charge in [-0.15, -0.1) is 0 Å².